The number of anilines is 2. The van der Waals surface area contributed by atoms with Crippen molar-refractivity contribution in [1.82, 2.24) is 15.3 Å². The van der Waals surface area contributed by atoms with Gasteiger partial charge in [0.15, 0.2) is 0 Å². The summed E-state index contributed by atoms with van der Waals surface area (Å²) >= 11 is 12.8. The molecular weight excluding hydrogens is 596 g/mol. The van der Waals surface area contributed by atoms with Crippen LogP contribution in [0.15, 0.2) is 55.0 Å². The zero-order valence-electron chi connectivity index (χ0n) is 21.6. The van der Waals surface area contributed by atoms with Gasteiger partial charge in [-0.2, -0.15) is 5.26 Å². The van der Waals surface area contributed by atoms with E-state index in [1.165, 1.54) is 36.5 Å². The Kier molecular flexibility index (Phi) is 8.08. The molecule has 1 saturated heterocycles. The molecule has 1 saturated carbocycles. The van der Waals surface area contributed by atoms with Gasteiger partial charge in [-0.05, 0) is 24.6 Å². The topological polar surface area (TPSA) is 119 Å². The molecule has 0 bridgehead atoms. The van der Waals surface area contributed by atoms with E-state index < -0.39 is 60.4 Å². The predicted octanol–water partition coefficient (Wildman–Crippen LogP) is 4.98. The average Bonchev–Trinajstić information content (AvgIpc) is 3.33. The standard InChI is InChI=1S/C28H21Cl2F3N6O3/c29-20-3-1-2-19(24(20)30)25(26(41)37-17-10-28(32,33)11-17)38(18-9-16(31)13-35-14-18)27(42)21-4-5-23(40)39(21)22-8-15(12-34)6-7-36-22/h1-3,6-9,13-14,17,21,25H,4-5,10-11H2,(H,37,41)/t21?,25-/m0/s1. The monoisotopic (exact) mass is 616 g/mol. The van der Waals surface area contributed by atoms with E-state index in [-0.39, 0.29) is 45.5 Å². The highest BCUT2D eigenvalue weighted by Gasteiger charge is 2.48. The third kappa shape index (κ3) is 5.75. The molecule has 1 aromatic carbocycles. The molecule has 2 aromatic heterocycles. The van der Waals surface area contributed by atoms with Gasteiger partial charge in [0, 0.05) is 43.1 Å². The number of halogens is 5. The Morgan fingerprint density at radius 2 is 1.95 bits per heavy atom. The Hall–Kier alpha value is -4.21. The maximum atomic E-state index is 14.5. The molecule has 3 amide bonds. The molecule has 2 aliphatic rings. The first-order valence-corrected chi connectivity index (χ1v) is 13.5. The lowest BCUT2D eigenvalue weighted by molar-refractivity contribution is -0.133. The summed E-state index contributed by atoms with van der Waals surface area (Å²) in [4.78, 5) is 51.3. The number of pyridine rings is 2. The van der Waals surface area contributed by atoms with Crippen LogP contribution in [0.2, 0.25) is 10.0 Å². The van der Waals surface area contributed by atoms with Gasteiger partial charge in [-0.15, -0.1) is 0 Å². The van der Waals surface area contributed by atoms with Crippen LogP contribution < -0.4 is 15.1 Å². The van der Waals surface area contributed by atoms with E-state index in [0.29, 0.717) is 0 Å². The molecule has 2 fully saturated rings. The first kappa shape index (κ1) is 29.3. The summed E-state index contributed by atoms with van der Waals surface area (Å²) in [5.41, 5.74) is 0.0661. The van der Waals surface area contributed by atoms with Crippen molar-refractivity contribution in [2.45, 2.75) is 49.7 Å². The van der Waals surface area contributed by atoms with Crippen molar-refractivity contribution in [3.8, 4) is 6.07 Å². The fourth-order valence-corrected chi connectivity index (χ4v) is 5.50. The van der Waals surface area contributed by atoms with E-state index in [4.69, 9.17) is 23.2 Å². The van der Waals surface area contributed by atoms with E-state index in [1.54, 1.807) is 0 Å². The summed E-state index contributed by atoms with van der Waals surface area (Å²) in [6.45, 7) is 0. The molecule has 0 radical (unpaired) electrons. The van der Waals surface area contributed by atoms with Crippen LogP contribution in [0.3, 0.4) is 0 Å². The summed E-state index contributed by atoms with van der Waals surface area (Å²) < 4.78 is 41.7. The molecular formula is C28H21Cl2F3N6O3. The largest absolute Gasteiger partial charge is 0.351 e. The molecule has 3 heterocycles. The van der Waals surface area contributed by atoms with Gasteiger partial charge < -0.3 is 5.32 Å². The Labute approximate surface area is 247 Å². The zero-order chi connectivity index (χ0) is 30.2. The van der Waals surface area contributed by atoms with Crippen molar-refractivity contribution >= 4 is 52.4 Å². The second kappa shape index (κ2) is 11.6. The number of amides is 3. The van der Waals surface area contributed by atoms with Crippen LogP contribution in [0.25, 0.3) is 0 Å². The summed E-state index contributed by atoms with van der Waals surface area (Å²) in [5.74, 6) is -5.91. The van der Waals surface area contributed by atoms with E-state index in [1.807, 2.05) is 6.07 Å². The summed E-state index contributed by atoms with van der Waals surface area (Å²) in [7, 11) is 0. The maximum absolute atomic E-state index is 14.5. The average molecular weight is 617 g/mol. The lowest BCUT2D eigenvalue weighted by atomic mass is 9.87. The van der Waals surface area contributed by atoms with Crippen LogP contribution in [0.1, 0.15) is 42.9 Å². The third-order valence-corrected chi connectivity index (χ3v) is 7.88. The number of nitrogens with zero attached hydrogens (tertiary/aromatic N) is 5. The number of hydrogen-bond donors (Lipinski definition) is 1. The predicted molar refractivity (Wildman–Crippen MR) is 146 cm³/mol. The Balaban J connectivity index is 1.63. The third-order valence-electron chi connectivity index (χ3n) is 7.04. The van der Waals surface area contributed by atoms with E-state index >= 15 is 0 Å². The molecule has 2 atom stereocenters. The smallest absolute Gasteiger partial charge is 0.252 e. The first-order chi connectivity index (χ1) is 20.0. The minimum absolute atomic E-state index is 0.00182. The Morgan fingerprint density at radius 3 is 2.64 bits per heavy atom. The highest BCUT2D eigenvalue weighted by molar-refractivity contribution is 6.42. The highest BCUT2D eigenvalue weighted by atomic mass is 35.5. The van der Waals surface area contributed by atoms with Crippen molar-refractivity contribution < 1.29 is 27.6 Å². The number of rotatable bonds is 7. The van der Waals surface area contributed by atoms with Crippen LogP contribution in [0.5, 0.6) is 0 Å². The lowest BCUT2D eigenvalue weighted by Gasteiger charge is -2.39. The number of carbonyl (C=O) groups excluding carboxylic acids is 3. The van der Waals surface area contributed by atoms with E-state index in [9.17, 15) is 32.8 Å². The van der Waals surface area contributed by atoms with Crippen LogP contribution >= 0.6 is 23.2 Å². The summed E-state index contributed by atoms with van der Waals surface area (Å²) in [5, 5.41) is 11.8. The van der Waals surface area contributed by atoms with Gasteiger partial charge in [-0.1, -0.05) is 35.3 Å². The van der Waals surface area contributed by atoms with Crippen LogP contribution in [-0.4, -0.2) is 45.7 Å². The normalized spacial score (nSPS) is 18.6. The van der Waals surface area contributed by atoms with Crippen molar-refractivity contribution in [2.75, 3.05) is 9.80 Å². The molecule has 0 spiro atoms. The number of nitriles is 1. The van der Waals surface area contributed by atoms with Gasteiger partial charge >= 0.3 is 0 Å². The van der Waals surface area contributed by atoms with Gasteiger partial charge in [0.2, 0.25) is 11.8 Å². The SMILES string of the molecule is N#Cc1ccnc(N2C(=O)CCC2C(=O)N(c2cncc(F)c2)[C@H](C(=O)NC2CC(F)(F)C2)c2cccc(Cl)c2Cl)c1. The number of hydrogen-bond acceptors (Lipinski definition) is 6. The minimum Gasteiger partial charge on any atom is -0.351 e. The minimum atomic E-state index is -2.95. The lowest BCUT2D eigenvalue weighted by Crippen LogP contribution is -2.56. The van der Waals surface area contributed by atoms with Crippen LogP contribution in [0.4, 0.5) is 24.7 Å². The zero-order valence-corrected chi connectivity index (χ0v) is 23.1. The molecule has 1 aliphatic heterocycles. The molecule has 14 heteroatoms. The van der Waals surface area contributed by atoms with Crippen LogP contribution in [0, 0.1) is 17.1 Å². The van der Waals surface area contributed by atoms with Gasteiger partial charge in [-0.3, -0.25) is 29.2 Å². The van der Waals surface area contributed by atoms with E-state index in [0.717, 1.165) is 28.3 Å². The molecule has 9 nitrogen and oxygen atoms in total. The Morgan fingerprint density at radius 1 is 1.19 bits per heavy atom. The molecule has 216 valence electrons. The van der Waals surface area contributed by atoms with Gasteiger partial charge in [0.05, 0.1) is 39.8 Å². The quantitative estimate of drug-likeness (QED) is 0.400. The molecule has 1 N–H and O–H groups in total. The number of alkyl halides is 2. The maximum Gasteiger partial charge on any atom is 0.252 e. The van der Waals surface area contributed by atoms with Crippen molar-refractivity contribution in [3.63, 3.8) is 0 Å². The number of benzene rings is 1. The fourth-order valence-electron chi connectivity index (χ4n) is 5.09. The summed E-state index contributed by atoms with van der Waals surface area (Å²) in [6.07, 6.45) is 2.09. The summed E-state index contributed by atoms with van der Waals surface area (Å²) in [6, 6.07) is 6.30. The van der Waals surface area contributed by atoms with Gasteiger partial charge in [-0.25, -0.2) is 18.2 Å². The molecule has 42 heavy (non-hydrogen) atoms. The molecule has 5 rings (SSSR count). The van der Waals surface area contributed by atoms with Crippen molar-refractivity contribution in [2.24, 2.45) is 0 Å². The molecule has 1 unspecified atom stereocenters. The second-order valence-electron chi connectivity index (χ2n) is 9.92. The van der Waals surface area contributed by atoms with Crippen molar-refractivity contribution in [1.29, 1.82) is 5.26 Å². The highest BCUT2D eigenvalue weighted by Crippen LogP contribution is 2.40. The van der Waals surface area contributed by atoms with Crippen molar-refractivity contribution in [3.05, 3.63) is 82.0 Å². The van der Waals surface area contributed by atoms with Crippen LogP contribution in [-0.2, 0) is 14.4 Å². The number of aromatic nitrogens is 2. The fraction of sp³-hybridized carbons (Fsp3) is 0.286. The molecule has 1 aliphatic carbocycles. The molecule has 3 aromatic rings. The van der Waals surface area contributed by atoms with Gasteiger partial charge in [0.25, 0.3) is 11.8 Å². The Bertz CT molecular complexity index is 1610. The number of nitrogens with one attached hydrogen (secondary N) is 1. The number of carbonyl (C=O) groups is 3. The second-order valence-corrected chi connectivity index (χ2v) is 10.7. The van der Waals surface area contributed by atoms with E-state index in [2.05, 4.69) is 15.3 Å². The first-order valence-electron chi connectivity index (χ1n) is 12.7. The van der Waals surface area contributed by atoms with Gasteiger partial charge in [0.1, 0.15) is 23.7 Å².